The highest BCUT2D eigenvalue weighted by molar-refractivity contribution is 5.60. The van der Waals surface area contributed by atoms with Crippen molar-refractivity contribution >= 4 is 12.4 Å². The average Bonchev–Trinajstić information content (AvgIpc) is 2.00. The highest BCUT2D eigenvalue weighted by Crippen LogP contribution is 1.82. The molecule has 3 nitrogen and oxygen atoms in total. The van der Waals surface area contributed by atoms with E-state index >= 15 is 0 Å². The molecule has 1 aliphatic heterocycles. The lowest BCUT2D eigenvalue weighted by molar-refractivity contribution is 0.183. The predicted octanol–water partition coefficient (Wildman–Crippen LogP) is 0.506. The van der Waals surface area contributed by atoms with Gasteiger partial charge in [-0.15, -0.1) is 0 Å². The Bertz CT molecular complexity index is 106. The van der Waals surface area contributed by atoms with Gasteiger partial charge in [-0.25, -0.2) is 0 Å². The van der Waals surface area contributed by atoms with Crippen molar-refractivity contribution < 1.29 is 4.74 Å². The minimum absolute atomic E-state index is 0.559. The summed E-state index contributed by atoms with van der Waals surface area (Å²) in [5.74, 6) is 0. The molecule has 0 saturated heterocycles. The first kappa shape index (κ1) is 6.42. The number of nitrogens with zero attached hydrogens (tertiary/aromatic N) is 2. The van der Waals surface area contributed by atoms with E-state index in [-0.39, 0.29) is 0 Å². The summed E-state index contributed by atoms with van der Waals surface area (Å²) in [5, 5.41) is 0. The zero-order valence-corrected chi connectivity index (χ0v) is 5.29. The van der Waals surface area contributed by atoms with Gasteiger partial charge in [-0.2, -0.15) is 0 Å². The van der Waals surface area contributed by atoms with Gasteiger partial charge < -0.3 is 4.74 Å². The molecule has 0 atom stereocenters. The molecule has 0 aromatic carbocycles. The van der Waals surface area contributed by atoms with Crippen LogP contribution in [0.25, 0.3) is 0 Å². The number of hydrogen-bond donors (Lipinski definition) is 0. The van der Waals surface area contributed by atoms with Gasteiger partial charge in [-0.1, -0.05) is 0 Å². The third kappa shape index (κ3) is 2.98. The molecule has 0 aromatic rings. The molecule has 0 saturated carbocycles. The largest absolute Gasteiger partial charge is 0.375 e. The maximum absolute atomic E-state index is 5.11. The van der Waals surface area contributed by atoms with Crippen LogP contribution >= 0.6 is 0 Å². The smallest absolute Gasteiger partial charge is 0.128 e. The molecule has 0 bridgehead atoms. The summed E-state index contributed by atoms with van der Waals surface area (Å²) in [6, 6.07) is 0. The van der Waals surface area contributed by atoms with E-state index < -0.39 is 0 Å². The zero-order chi connectivity index (χ0) is 6.36. The Hall–Kier alpha value is -0.700. The molecule has 1 aliphatic rings. The highest BCUT2D eigenvalue weighted by Gasteiger charge is 1.84. The minimum atomic E-state index is 0.559. The SMILES string of the molecule is C1=NCN=CCOCC1. The second kappa shape index (κ2) is 4.21. The van der Waals surface area contributed by atoms with Crippen molar-refractivity contribution in [2.24, 2.45) is 9.98 Å². The molecule has 1 rings (SSSR count). The van der Waals surface area contributed by atoms with E-state index in [1.165, 1.54) is 0 Å². The standard InChI is InChI=1S/C6H10N2O/c1-2-7-6-8-3-5-9-4-1/h2-3H,1,4-6H2. The van der Waals surface area contributed by atoms with Crippen molar-refractivity contribution in [2.45, 2.75) is 6.42 Å². The van der Waals surface area contributed by atoms with E-state index in [0.717, 1.165) is 13.0 Å². The van der Waals surface area contributed by atoms with E-state index in [1.54, 1.807) is 6.21 Å². The van der Waals surface area contributed by atoms with Crippen LogP contribution in [0.1, 0.15) is 6.42 Å². The van der Waals surface area contributed by atoms with Crippen LogP contribution in [-0.2, 0) is 4.74 Å². The molecule has 9 heavy (non-hydrogen) atoms. The van der Waals surface area contributed by atoms with Gasteiger partial charge >= 0.3 is 0 Å². The van der Waals surface area contributed by atoms with Gasteiger partial charge in [0, 0.05) is 18.9 Å². The summed E-state index contributed by atoms with van der Waals surface area (Å²) in [6.07, 6.45) is 4.51. The maximum Gasteiger partial charge on any atom is 0.128 e. The van der Waals surface area contributed by atoms with Gasteiger partial charge in [0.15, 0.2) is 0 Å². The van der Waals surface area contributed by atoms with Gasteiger partial charge in [0.1, 0.15) is 6.67 Å². The number of hydrogen-bond acceptors (Lipinski definition) is 3. The fourth-order valence-corrected chi connectivity index (χ4v) is 0.579. The molecule has 0 fully saturated rings. The maximum atomic E-state index is 5.11. The molecular weight excluding hydrogens is 116 g/mol. The number of ether oxygens (including phenoxy) is 1. The van der Waals surface area contributed by atoms with Crippen LogP contribution in [0.2, 0.25) is 0 Å². The summed E-state index contributed by atoms with van der Waals surface area (Å²) < 4.78 is 5.11. The Morgan fingerprint density at radius 2 is 2.11 bits per heavy atom. The van der Waals surface area contributed by atoms with E-state index in [1.807, 2.05) is 6.21 Å². The van der Waals surface area contributed by atoms with E-state index in [4.69, 9.17) is 4.74 Å². The van der Waals surface area contributed by atoms with Crippen molar-refractivity contribution in [3.05, 3.63) is 0 Å². The topological polar surface area (TPSA) is 34.0 Å². The summed E-state index contributed by atoms with van der Waals surface area (Å²) >= 11 is 0. The monoisotopic (exact) mass is 126 g/mol. The van der Waals surface area contributed by atoms with E-state index in [9.17, 15) is 0 Å². The van der Waals surface area contributed by atoms with Crippen LogP contribution in [-0.4, -0.2) is 32.3 Å². The lowest BCUT2D eigenvalue weighted by Crippen LogP contribution is -1.96. The Labute approximate surface area is 54.5 Å². The van der Waals surface area contributed by atoms with Crippen LogP contribution in [0.4, 0.5) is 0 Å². The van der Waals surface area contributed by atoms with Gasteiger partial charge in [-0.05, 0) is 0 Å². The van der Waals surface area contributed by atoms with Gasteiger partial charge in [0.2, 0.25) is 0 Å². The Morgan fingerprint density at radius 3 is 3.11 bits per heavy atom. The fourth-order valence-electron chi connectivity index (χ4n) is 0.579. The number of rotatable bonds is 0. The molecule has 3 heteroatoms. The molecule has 0 amide bonds. The minimum Gasteiger partial charge on any atom is -0.375 e. The van der Waals surface area contributed by atoms with Crippen molar-refractivity contribution in [3.63, 3.8) is 0 Å². The molecule has 0 aliphatic carbocycles. The van der Waals surface area contributed by atoms with Crippen LogP contribution in [0, 0.1) is 0 Å². The third-order valence-electron chi connectivity index (χ3n) is 1.01. The van der Waals surface area contributed by atoms with Crippen LogP contribution in [0.15, 0.2) is 9.98 Å². The first-order valence-electron chi connectivity index (χ1n) is 3.04. The fraction of sp³-hybridized carbons (Fsp3) is 0.667. The first-order chi connectivity index (χ1) is 4.50. The lowest BCUT2D eigenvalue weighted by Gasteiger charge is -1.92. The summed E-state index contributed by atoms with van der Waals surface area (Å²) in [6.45, 7) is 1.95. The zero-order valence-electron chi connectivity index (χ0n) is 5.29. The second-order valence-electron chi connectivity index (χ2n) is 1.74. The molecule has 0 aromatic heterocycles. The molecule has 0 N–H and O–H groups in total. The molecule has 0 radical (unpaired) electrons. The average molecular weight is 126 g/mol. The molecule has 0 unspecified atom stereocenters. The van der Waals surface area contributed by atoms with Crippen LogP contribution < -0.4 is 0 Å². The normalized spacial score (nSPS) is 20.4. The predicted molar refractivity (Wildman–Crippen MR) is 37.3 cm³/mol. The highest BCUT2D eigenvalue weighted by atomic mass is 16.5. The Morgan fingerprint density at radius 1 is 1.22 bits per heavy atom. The van der Waals surface area contributed by atoms with Crippen LogP contribution in [0.5, 0.6) is 0 Å². The molecular formula is C6H10N2O. The van der Waals surface area contributed by atoms with Crippen molar-refractivity contribution in [2.75, 3.05) is 19.9 Å². The Balaban J connectivity index is 2.28. The van der Waals surface area contributed by atoms with E-state index in [2.05, 4.69) is 9.98 Å². The molecule has 1 heterocycles. The van der Waals surface area contributed by atoms with Crippen molar-refractivity contribution in [1.29, 1.82) is 0 Å². The quantitative estimate of drug-likeness (QED) is 0.465. The molecule has 0 spiro atoms. The van der Waals surface area contributed by atoms with Gasteiger partial charge in [0.05, 0.1) is 13.2 Å². The Kier molecular flexibility index (Phi) is 3.00. The summed E-state index contributed by atoms with van der Waals surface area (Å²) in [7, 11) is 0. The van der Waals surface area contributed by atoms with Gasteiger partial charge in [-0.3, -0.25) is 9.98 Å². The first-order valence-corrected chi connectivity index (χ1v) is 3.04. The van der Waals surface area contributed by atoms with Gasteiger partial charge in [0.25, 0.3) is 0 Å². The van der Waals surface area contributed by atoms with Crippen LogP contribution in [0.3, 0.4) is 0 Å². The second-order valence-corrected chi connectivity index (χ2v) is 1.74. The summed E-state index contributed by atoms with van der Waals surface area (Å²) in [4.78, 5) is 7.93. The lowest BCUT2D eigenvalue weighted by atomic mass is 10.5. The van der Waals surface area contributed by atoms with Crippen molar-refractivity contribution in [1.82, 2.24) is 0 Å². The summed E-state index contributed by atoms with van der Waals surface area (Å²) in [5.41, 5.74) is 0. The number of aliphatic imine (C=N–C) groups is 2. The van der Waals surface area contributed by atoms with E-state index in [0.29, 0.717) is 13.3 Å². The van der Waals surface area contributed by atoms with Crippen molar-refractivity contribution in [3.8, 4) is 0 Å². The molecule has 50 valence electrons. The third-order valence-corrected chi connectivity index (χ3v) is 1.01.